The highest BCUT2D eigenvalue weighted by molar-refractivity contribution is 9.13. The summed E-state index contributed by atoms with van der Waals surface area (Å²) in [5.74, 6) is -0.584. The highest BCUT2D eigenvalue weighted by atomic mass is 79.9. The second kappa shape index (κ2) is 4.77. The van der Waals surface area contributed by atoms with Crippen LogP contribution in [0.3, 0.4) is 0 Å². The molecule has 0 N–H and O–H groups in total. The fraction of sp³-hybridized carbons (Fsp3) is 0. The third-order valence-corrected chi connectivity index (χ3v) is 5.51. The fourth-order valence-corrected chi connectivity index (χ4v) is 3.35. The number of halogens is 3. The molecular weight excluding hydrogens is 359 g/mol. The van der Waals surface area contributed by atoms with E-state index in [-0.39, 0.29) is 5.78 Å². The van der Waals surface area contributed by atoms with E-state index in [2.05, 4.69) is 31.9 Å². The smallest absolute Gasteiger partial charge is 0.204 e. The Bertz CT molecular complexity index is 551. The van der Waals surface area contributed by atoms with Gasteiger partial charge in [-0.05, 0) is 44.0 Å². The summed E-state index contributed by atoms with van der Waals surface area (Å²) >= 11 is 7.94. The maximum absolute atomic E-state index is 13.0. The molecule has 2 aromatic rings. The molecule has 0 saturated heterocycles. The molecule has 0 aliphatic heterocycles. The molecule has 82 valence electrons. The van der Waals surface area contributed by atoms with Crippen LogP contribution >= 0.6 is 43.2 Å². The van der Waals surface area contributed by atoms with Crippen molar-refractivity contribution in [3.63, 3.8) is 0 Å². The Kier molecular flexibility index (Phi) is 3.56. The first-order valence-electron chi connectivity index (χ1n) is 4.32. The van der Waals surface area contributed by atoms with E-state index in [0.717, 1.165) is 4.47 Å². The van der Waals surface area contributed by atoms with E-state index in [0.29, 0.717) is 14.9 Å². The standard InChI is InChI=1S/C11H5Br2FOS/c12-8-5-16-11(9(8)13)10(15)6-2-1-3-7(14)4-6/h1-5H. The molecule has 16 heavy (non-hydrogen) atoms. The van der Waals surface area contributed by atoms with Crippen molar-refractivity contribution in [3.8, 4) is 0 Å². The summed E-state index contributed by atoms with van der Waals surface area (Å²) in [6.07, 6.45) is 0. The molecule has 0 spiro atoms. The van der Waals surface area contributed by atoms with Gasteiger partial charge in [-0.25, -0.2) is 4.39 Å². The van der Waals surface area contributed by atoms with Gasteiger partial charge in [-0.1, -0.05) is 12.1 Å². The Morgan fingerprint density at radius 1 is 1.31 bits per heavy atom. The summed E-state index contributed by atoms with van der Waals surface area (Å²) in [5.41, 5.74) is 0.357. The number of hydrogen-bond donors (Lipinski definition) is 0. The average Bonchev–Trinajstić information content (AvgIpc) is 2.59. The van der Waals surface area contributed by atoms with E-state index in [4.69, 9.17) is 0 Å². The number of ketones is 1. The van der Waals surface area contributed by atoms with Crippen molar-refractivity contribution in [2.75, 3.05) is 0 Å². The molecule has 0 amide bonds. The second-order valence-corrected chi connectivity index (χ2v) is 5.59. The van der Waals surface area contributed by atoms with Crippen molar-refractivity contribution < 1.29 is 9.18 Å². The number of benzene rings is 1. The lowest BCUT2D eigenvalue weighted by atomic mass is 10.1. The summed E-state index contributed by atoms with van der Waals surface area (Å²) in [6, 6.07) is 5.68. The molecule has 0 bridgehead atoms. The van der Waals surface area contributed by atoms with E-state index < -0.39 is 5.82 Å². The van der Waals surface area contributed by atoms with Crippen LogP contribution in [0.5, 0.6) is 0 Å². The van der Waals surface area contributed by atoms with Crippen LogP contribution in [0.25, 0.3) is 0 Å². The summed E-state index contributed by atoms with van der Waals surface area (Å²) in [5, 5.41) is 1.82. The molecule has 0 unspecified atom stereocenters. The van der Waals surface area contributed by atoms with Crippen molar-refractivity contribution in [2.24, 2.45) is 0 Å². The van der Waals surface area contributed by atoms with Crippen molar-refractivity contribution in [2.45, 2.75) is 0 Å². The summed E-state index contributed by atoms with van der Waals surface area (Å²) in [6.45, 7) is 0. The SMILES string of the molecule is O=C(c1cccc(F)c1)c1scc(Br)c1Br. The monoisotopic (exact) mass is 362 g/mol. The van der Waals surface area contributed by atoms with Gasteiger partial charge in [-0.2, -0.15) is 0 Å². The Hall–Kier alpha value is -0.520. The molecule has 1 nitrogen and oxygen atoms in total. The summed E-state index contributed by atoms with van der Waals surface area (Å²) in [7, 11) is 0. The molecule has 0 saturated carbocycles. The van der Waals surface area contributed by atoms with Gasteiger partial charge in [0.25, 0.3) is 0 Å². The molecule has 1 aromatic heterocycles. The normalized spacial score (nSPS) is 10.4. The second-order valence-electron chi connectivity index (χ2n) is 3.07. The fourth-order valence-electron chi connectivity index (χ4n) is 1.24. The van der Waals surface area contributed by atoms with Gasteiger partial charge in [0.2, 0.25) is 5.78 Å². The van der Waals surface area contributed by atoms with Crippen LogP contribution < -0.4 is 0 Å². The molecule has 0 aliphatic carbocycles. The van der Waals surface area contributed by atoms with E-state index in [1.54, 1.807) is 6.07 Å². The minimum Gasteiger partial charge on any atom is -0.288 e. The van der Waals surface area contributed by atoms with Crippen LogP contribution in [0.1, 0.15) is 15.2 Å². The maximum atomic E-state index is 13.0. The molecule has 1 aromatic carbocycles. The van der Waals surface area contributed by atoms with Crippen LogP contribution in [0.4, 0.5) is 4.39 Å². The first-order valence-corrected chi connectivity index (χ1v) is 6.79. The third-order valence-electron chi connectivity index (χ3n) is 1.98. The third kappa shape index (κ3) is 2.26. The van der Waals surface area contributed by atoms with Gasteiger partial charge in [0.15, 0.2) is 0 Å². The minimum absolute atomic E-state index is 0.179. The molecule has 0 fully saturated rings. The largest absolute Gasteiger partial charge is 0.288 e. The maximum Gasteiger partial charge on any atom is 0.204 e. The zero-order valence-electron chi connectivity index (χ0n) is 7.84. The Balaban J connectivity index is 2.43. The van der Waals surface area contributed by atoms with Crippen molar-refractivity contribution in [3.05, 3.63) is 54.8 Å². The average molecular weight is 364 g/mol. The van der Waals surface area contributed by atoms with Crippen molar-refractivity contribution >= 4 is 49.0 Å². The van der Waals surface area contributed by atoms with Gasteiger partial charge in [0.05, 0.1) is 9.35 Å². The van der Waals surface area contributed by atoms with Crippen molar-refractivity contribution in [1.29, 1.82) is 0 Å². The Morgan fingerprint density at radius 3 is 2.62 bits per heavy atom. The van der Waals surface area contributed by atoms with Gasteiger partial charge in [-0.3, -0.25) is 4.79 Å². The van der Waals surface area contributed by atoms with E-state index in [1.165, 1.54) is 29.5 Å². The number of thiophene rings is 1. The van der Waals surface area contributed by atoms with Crippen LogP contribution in [-0.4, -0.2) is 5.78 Å². The first-order chi connectivity index (χ1) is 7.59. The van der Waals surface area contributed by atoms with E-state index in [9.17, 15) is 9.18 Å². The summed E-state index contributed by atoms with van der Waals surface area (Å²) in [4.78, 5) is 12.6. The van der Waals surface area contributed by atoms with Crippen LogP contribution in [0, 0.1) is 5.82 Å². The first kappa shape index (κ1) is 12.0. The van der Waals surface area contributed by atoms with Gasteiger partial charge >= 0.3 is 0 Å². The van der Waals surface area contributed by atoms with Gasteiger partial charge < -0.3 is 0 Å². The van der Waals surface area contributed by atoms with Gasteiger partial charge in [0.1, 0.15) is 5.82 Å². The molecule has 0 atom stereocenters. The number of carbonyl (C=O) groups is 1. The lowest BCUT2D eigenvalue weighted by Crippen LogP contribution is -1.99. The summed E-state index contributed by atoms with van der Waals surface area (Å²) < 4.78 is 14.5. The van der Waals surface area contributed by atoms with Crippen LogP contribution in [0.2, 0.25) is 0 Å². The Morgan fingerprint density at radius 2 is 2.06 bits per heavy atom. The highest BCUT2D eigenvalue weighted by Gasteiger charge is 2.16. The van der Waals surface area contributed by atoms with E-state index >= 15 is 0 Å². The molecule has 2 rings (SSSR count). The molecule has 5 heteroatoms. The highest BCUT2D eigenvalue weighted by Crippen LogP contribution is 2.34. The number of hydrogen-bond acceptors (Lipinski definition) is 2. The predicted octanol–water partition coefficient (Wildman–Crippen LogP) is 4.64. The zero-order chi connectivity index (χ0) is 11.7. The van der Waals surface area contributed by atoms with Gasteiger partial charge in [0, 0.05) is 15.4 Å². The number of rotatable bonds is 2. The Labute approximate surface area is 113 Å². The lowest BCUT2D eigenvalue weighted by molar-refractivity contribution is 0.104. The van der Waals surface area contributed by atoms with Crippen molar-refractivity contribution in [1.82, 2.24) is 0 Å². The molecule has 1 heterocycles. The molecule has 0 radical (unpaired) electrons. The molecule has 0 aliphatic rings. The van der Waals surface area contributed by atoms with Crippen LogP contribution in [-0.2, 0) is 0 Å². The minimum atomic E-state index is -0.405. The van der Waals surface area contributed by atoms with E-state index in [1.807, 2.05) is 5.38 Å². The predicted molar refractivity (Wildman–Crippen MR) is 69.6 cm³/mol. The number of carbonyl (C=O) groups excluding carboxylic acids is 1. The van der Waals surface area contributed by atoms with Gasteiger partial charge in [-0.15, -0.1) is 11.3 Å². The quantitative estimate of drug-likeness (QED) is 0.710. The zero-order valence-corrected chi connectivity index (χ0v) is 11.8. The topological polar surface area (TPSA) is 17.1 Å². The lowest BCUT2D eigenvalue weighted by Gasteiger charge is -1.99. The molecular formula is C11H5Br2FOS. The van der Waals surface area contributed by atoms with Crippen LogP contribution in [0.15, 0.2) is 38.6 Å².